The SMILES string of the molecule is CSCCC(NC(=O)C(Cc1ccccc1)NC(=O)C(N)C(C)C)C(=O)NC(CC(=O)O)C(=O)O. The Morgan fingerprint density at radius 1 is 0.886 bits per heavy atom. The fourth-order valence-electron chi connectivity index (χ4n) is 3.05. The van der Waals surface area contributed by atoms with Crippen LogP contribution in [0, 0.1) is 5.92 Å². The second kappa shape index (κ2) is 15.0. The second-order valence-corrected chi connectivity index (χ2v) is 9.35. The zero-order valence-corrected chi connectivity index (χ0v) is 20.8. The van der Waals surface area contributed by atoms with E-state index in [9.17, 15) is 29.1 Å². The number of carbonyl (C=O) groups is 5. The largest absolute Gasteiger partial charge is 0.481 e. The van der Waals surface area contributed by atoms with Crippen molar-refractivity contribution < 1.29 is 34.2 Å². The molecular weight excluding hydrogens is 476 g/mol. The molecule has 0 aliphatic carbocycles. The number of hydrogen-bond donors (Lipinski definition) is 6. The van der Waals surface area contributed by atoms with Gasteiger partial charge in [-0.2, -0.15) is 11.8 Å². The Morgan fingerprint density at radius 3 is 1.94 bits per heavy atom. The summed E-state index contributed by atoms with van der Waals surface area (Å²) in [6, 6.07) is 4.27. The van der Waals surface area contributed by atoms with Crippen molar-refractivity contribution in [1.29, 1.82) is 0 Å². The molecule has 0 fully saturated rings. The fraction of sp³-hybridized carbons (Fsp3) is 0.522. The molecule has 0 aliphatic rings. The summed E-state index contributed by atoms with van der Waals surface area (Å²) in [5.41, 5.74) is 6.69. The van der Waals surface area contributed by atoms with Gasteiger partial charge in [0.05, 0.1) is 12.5 Å². The standard InChI is InChI=1S/C23H34N4O7S/c1-13(2)19(24)22(32)26-16(11-14-7-5-4-6-8-14)21(31)25-15(9-10-35-3)20(30)27-17(23(33)34)12-18(28)29/h4-8,13,15-17,19H,9-12,24H2,1-3H3,(H,25,31)(H,26,32)(H,27,30)(H,28,29)(H,33,34). The molecule has 0 spiro atoms. The average molecular weight is 511 g/mol. The van der Waals surface area contributed by atoms with Crippen LogP contribution in [0.1, 0.15) is 32.3 Å². The average Bonchev–Trinajstić information content (AvgIpc) is 2.80. The van der Waals surface area contributed by atoms with E-state index in [4.69, 9.17) is 10.8 Å². The molecule has 0 radical (unpaired) electrons. The van der Waals surface area contributed by atoms with Crippen molar-refractivity contribution in [3.05, 3.63) is 35.9 Å². The lowest BCUT2D eigenvalue weighted by Crippen LogP contribution is -2.58. The molecule has 0 saturated carbocycles. The number of aliphatic carboxylic acids is 2. The summed E-state index contributed by atoms with van der Waals surface area (Å²) in [6.45, 7) is 3.55. The van der Waals surface area contributed by atoms with E-state index in [2.05, 4.69) is 16.0 Å². The van der Waals surface area contributed by atoms with Gasteiger partial charge in [0.25, 0.3) is 0 Å². The molecule has 4 atom stereocenters. The van der Waals surface area contributed by atoms with E-state index in [1.165, 1.54) is 11.8 Å². The number of thioether (sulfide) groups is 1. The predicted octanol–water partition coefficient (Wildman–Crippen LogP) is -0.0208. The third-order valence-electron chi connectivity index (χ3n) is 5.17. The van der Waals surface area contributed by atoms with E-state index in [0.29, 0.717) is 5.75 Å². The normalized spacial score (nSPS) is 14.3. The monoisotopic (exact) mass is 510 g/mol. The van der Waals surface area contributed by atoms with Gasteiger partial charge in [-0.15, -0.1) is 0 Å². The summed E-state index contributed by atoms with van der Waals surface area (Å²) in [6.07, 6.45) is 1.28. The first-order valence-corrected chi connectivity index (χ1v) is 12.5. The summed E-state index contributed by atoms with van der Waals surface area (Å²) >= 11 is 1.41. The number of benzene rings is 1. The van der Waals surface area contributed by atoms with Crippen molar-refractivity contribution in [3.63, 3.8) is 0 Å². The molecule has 12 heteroatoms. The zero-order chi connectivity index (χ0) is 26.5. The van der Waals surface area contributed by atoms with Crippen molar-refractivity contribution in [2.45, 2.75) is 57.3 Å². The topological polar surface area (TPSA) is 188 Å². The number of carbonyl (C=O) groups excluding carboxylic acids is 3. The Bertz CT molecular complexity index is 882. The number of rotatable bonds is 15. The molecule has 35 heavy (non-hydrogen) atoms. The van der Waals surface area contributed by atoms with Crippen molar-refractivity contribution in [3.8, 4) is 0 Å². The van der Waals surface area contributed by atoms with Crippen LogP contribution in [0.2, 0.25) is 0 Å². The van der Waals surface area contributed by atoms with Crippen LogP contribution in [-0.4, -0.2) is 76.0 Å². The van der Waals surface area contributed by atoms with Crippen LogP contribution in [0.15, 0.2) is 30.3 Å². The number of nitrogens with two attached hydrogens (primary N) is 1. The van der Waals surface area contributed by atoms with Gasteiger partial charge in [0, 0.05) is 6.42 Å². The molecular formula is C23H34N4O7S. The minimum Gasteiger partial charge on any atom is -0.481 e. The third-order valence-corrected chi connectivity index (χ3v) is 5.82. The van der Waals surface area contributed by atoms with Crippen molar-refractivity contribution in [2.24, 2.45) is 11.7 Å². The van der Waals surface area contributed by atoms with E-state index in [1.54, 1.807) is 44.4 Å². The van der Waals surface area contributed by atoms with E-state index >= 15 is 0 Å². The van der Waals surface area contributed by atoms with Gasteiger partial charge in [-0.25, -0.2) is 4.79 Å². The van der Waals surface area contributed by atoms with Crippen molar-refractivity contribution in [1.82, 2.24) is 16.0 Å². The molecule has 194 valence electrons. The molecule has 11 nitrogen and oxygen atoms in total. The van der Waals surface area contributed by atoms with Gasteiger partial charge in [-0.3, -0.25) is 19.2 Å². The van der Waals surface area contributed by atoms with E-state index in [1.807, 2.05) is 6.07 Å². The highest BCUT2D eigenvalue weighted by Crippen LogP contribution is 2.08. The number of carboxylic acids is 2. The highest BCUT2D eigenvalue weighted by molar-refractivity contribution is 7.98. The smallest absolute Gasteiger partial charge is 0.326 e. The minimum absolute atomic E-state index is 0.136. The summed E-state index contributed by atoms with van der Waals surface area (Å²) in [4.78, 5) is 60.9. The van der Waals surface area contributed by atoms with E-state index in [-0.39, 0.29) is 18.8 Å². The Hall–Kier alpha value is -3.12. The molecule has 3 amide bonds. The lowest BCUT2D eigenvalue weighted by Gasteiger charge is -2.25. The summed E-state index contributed by atoms with van der Waals surface area (Å²) in [5, 5.41) is 25.5. The lowest BCUT2D eigenvalue weighted by atomic mass is 10.0. The first kappa shape index (κ1) is 29.9. The zero-order valence-electron chi connectivity index (χ0n) is 20.0. The first-order valence-electron chi connectivity index (χ1n) is 11.1. The van der Waals surface area contributed by atoms with Crippen molar-refractivity contribution in [2.75, 3.05) is 12.0 Å². The number of carboxylic acid groups (broad SMARTS) is 2. The van der Waals surface area contributed by atoms with Gasteiger partial charge in [0.15, 0.2) is 0 Å². The van der Waals surface area contributed by atoms with Crippen LogP contribution in [0.5, 0.6) is 0 Å². The quantitative estimate of drug-likeness (QED) is 0.188. The van der Waals surface area contributed by atoms with Crippen molar-refractivity contribution >= 4 is 41.4 Å². The highest BCUT2D eigenvalue weighted by atomic mass is 32.2. The lowest BCUT2D eigenvalue weighted by molar-refractivity contribution is -0.147. The summed E-state index contributed by atoms with van der Waals surface area (Å²) in [7, 11) is 0. The molecule has 0 heterocycles. The maximum absolute atomic E-state index is 13.2. The van der Waals surface area contributed by atoms with Gasteiger partial charge in [-0.05, 0) is 29.9 Å². The minimum atomic E-state index is -1.66. The summed E-state index contributed by atoms with van der Waals surface area (Å²) in [5.74, 6) is -4.61. The van der Waals surface area contributed by atoms with Gasteiger partial charge in [-0.1, -0.05) is 44.2 Å². The number of amides is 3. The van der Waals surface area contributed by atoms with Crippen LogP contribution in [0.25, 0.3) is 0 Å². The molecule has 0 bridgehead atoms. The van der Waals surface area contributed by atoms with Crippen LogP contribution in [0.4, 0.5) is 0 Å². The Labute approximate surface area is 208 Å². The molecule has 1 aromatic carbocycles. The van der Waals surface area contributed by atoms with Crippen LogP contribution < -0.4 is 21.7 Å². The van der Waals surface area contributed by atoms with Gasteiger partial charge in [0.1, 0.15) is 18.1 Å². The maximum Gasteiger partial charge on any atom is 0.326 e. The maximum atomic E-state index is 13.2. The third kappa shape index (κ3) is 10.8. The fourth-order valence-corrected chi connectivity index (χ4v) is 3.53. The molecule has 0 aromatic heterocycles. The Balaban J connectivity index is 3.09. The molecule has 0 saturated heterocycles. The first-order chi connectivity index (χ1) is 16.5. The van der Waals surface area contributed by atoms with Crippen LogP contribution in [-0.2, 0) is 30.4 Å². The molecule has 1 rings (SSSR count). The molecule has 4 unspecified atom stereocenters. The van der Waals surface area contributed by atoms with Crippen LogP contribution >= 0.6 is 11.8 Å². The Morgan fingerprint density at radius 2 is 1.43 bits per heavy atom. The van der Waals surface area contributed by atoms with Gasteiger partial charge >= 0.3 is 11.9 Å². The van der Waals surface area contributed by atoms with Gasteiger partial charge < -0.3 is 31.9 Å². The predicted molar refractivity (Wildman–Crippen MR) is 132 cm³/mol. The molecule has 0 aliphatic heterocycles. The highest BCUT2D eigenvalue weighted by Gasteiger charge is 2.31. The van der Waals surface area contributed by atoms with E-state index < -0.39 is 60.2 Å². The van der Waals surface area contributed by atoms with Gasteiger partial charge in [0.2, 0.25) is 17.7 Å². The Kier molecular flexibility index (Phi) is 12.8. The number of nitrogens with one attached hydrogen (secondary N) is 3. The summed E-state index contributed by atoms with van der Waals surface area (Å²) < 4.78 is 0. The van der Waals surface area contributed by atoms with E-state index in [0.717, 1.165) is 5.56 Å². The second-order valence-electron chi connectivity index (χ2n) is 8.36. The number of hydrogen-bond acceptors (Lipinski definition) is 7. The van der Waals surface area contributed by atoms with Crippen LogP contribution in [0.3, 0.4) is 0 Å². The molecule has 1 aromatic rings. The molecule has 7 N–H and O–H groups in total.